The first-order chi connectivity index (χ1) is 12.4. The monoisotopic (exact) mass is 351 g/mol. The third-order valence-corrected chi connectivity index (χ3v) is 4.22. The third-order valence-electron chi connectivity index (χ3n) is 4.22. The van der Waals surface area contributed by atoms with Crippen molar-refractivity contribution in [1.29, 1.82) is 0 Å². The summed E-state index contributed by atoms with van der Waals surface area (Å²) in [4.78, 5) is 15.0. The Morgan fingerprint density at radius 3 is 2.38 bits per heavy atom. The van der Waals surface area contributed by atoms with Gasteiger partial charge in [0.2, 0.25) is 0 Å². The van der Waals surface area contributed by atoms with Crippen LogP contribution < -0.4 is 10.2 Å². The van der Waals surface area contributed by atoms with Crippen LogP contribution in [0.4, 0.5) is 0 Å². The van der Waals surface area contributed by atoms with Crippen LogP contribution in [0.1, 0.15) is 25.0 Å². The molecule has 3 rings (SSSR count). The molecule has 4 nitrogen and oxygen atoms in total. The van der Waals surface area contributed by atoms with Gasteiger partial charge in [0.05, 0.1) is 17.1 Å². The number of rotatable bonds is 5. The summed E-state index contributed by atoms with van der Waals surface area (Å²) in [6.45, 7) is 6.42. The van der Waals surface area contributed by atoms with E-state index in [-0.39, 0.29) is 11.5 Å². The van der Waals surface area contributed by atoms with Gasteiger partial charge in [-0.25, -0.2) is 0 Å². The van der Waals surface area contributed by atoms with Gasteiger partial charge in [-0.15, -0.1) is 0 Å². The van der Waals surface area contributed by atoms with Gasteiger partial charge in [0, 0.05) is 17.7 Å². The molecule has 0 aliphatic carbocycles. The molecule has 0 N–H and O–H groups in total. The normalized spacial score (nSPS) is 11.5. The summed E-state index contributed by atoms with van der Waals surface area (Å²) in [5.74, 6) is 1.37. The molecule has 0 aliphatic heterocycles. The molecular formula is C22H25NO3. The lowest BCUT2D eigenvalue weighted by Crippen LogP contribution is -2.16. The fourth-order valence-corrected chi connectivity index (χ4v) is 3.08. The van der Waals surface area contributed by atoms with E-state index in [0.29, 0.717) is 28.8 Å². The molecule has 136 valence electrons. The number of nitrogens with zero attached hydrogens (tertiary/aromatic N) is 1. The van der Waals surface area contributed by atoms with Crippen LogP contribution in [0, 0.1) is 6.92 Å². The minimum Gasteiger partial charge on any atom is -0.491 e. The smallest absolute Gasteiger partial charge is 0.196 e. The standard InChI is InChI=1S/C22H25NO3/c1-14(2)25-19-12-11-17-20(24)15(3)21(16-9-7-6-8-10-16)26-22(17)18(19)13-23(4)5/h6-12,14H,13H2,1-5H3. The maximum Gasteiger partial charge on any atom is 0.196 e. The van der Waals surface area contributed by atoms with E-state index in [4.69, 9.17) is 9.15 Å². The topological polar surface area (TPSA) is 42.7 Å². The molecule has 0 unspecified atom stereocenters. The van der Waals surface area contributed by atoms with Crippen LogP contribution >= 0.6 is 0 Å². The molecule has 0 saturated heterocycles. The van der Waals surface area contributed by atoms with Gasteiger partial charge < -0.3 is 14.1 Å². The molecule has 0 aliphatic rings. The van der Waals surface area contributed by atoms with Crippen molar-refractivity contribution in [2.45, 2.75) is 33.4 Å². The van der Waals surface area contributed by atoms with Gasteiger partial charge in [0.15, 0.2) is 5.43 Å². The Morgan fingerprint density at radius 2 is 1.77 bits per heavy atom. The minimum atomic E-state index is 0.00112. The molecule has 0 atom stereocenters. The lowest BCUT2D eigenvalue weighted by atomic mass is 10.0. The molecule has 0 fully saturated rings. The molecule has 4 heteroatoms. The molecule has 3 aromatic rings. The summed E-state index contributed by atoms with van der Waals surface area (Å²) in [7, 11) is 3.98. The van der Waals surface area contributed by atoms with Crippen LogP contribution in [-0.4, -0.2) is 25.1 Å². The summed E-state index contributed by atoms with van der Waals surface area (Å²) in [5.41, 5.74) is 3.02. The molecule has 2 aromatic carbocycles. The predicted octanol–water partition coefficient (Wildman–Crippen LogP) is 4.62. The number of ether oxygens (including phenoxy) is 1. The summed E-state index contributed by atoms with van der Waals surface area (Å²) >= 11 is 0. The van der Waals surface area contributed by atoms with Crippen molar-refractivity contribution < 1.29 is 9.15 Å². The van der Waals surface area contributed by atoms with Gasteiger partial charge in [0.1, 0.15) is 17.1 Å². The number of benzene rings is 2. The van der Waals surface area contributed by atoms with Gasteiger partial charge in [-0.3, -0.25) is 4.79 Å². The average Bonchev–Trinajstić information content (AvgIpc) is 2.60. The van der Waals surface area contributed by atoms with Crippen LogP contribution in [0.25, 0.3) is 22.3 Å². The zero-order valence-electron chi connectivity index (χ0n) is 16.0. The Kier molecular flexibility index (Phi) is 5.14. The van der Waals surface area contributed by atoms with E-state index in [0.717, 1.165) is 16.9 Å². The van der Waals surface area contributed by atoms with Crippen LogP contribution in [0.15, 0.2) is 51.7 Å². The molecule has 26 heavy (non-hydrogen) atoms. The first-order valence-corrected chi connectivity index (χ1v) is 8.84. The van der Waals surface area contributed by atoms with E-state index < -0.39 is 0 Å². The average molecular weight is 351 g/mol. The molecule has 0 bridgehead atoms. The fraction of sp³-hybridized carbons (Fsp3) is 0.318. The quantitative estimate of drug-likeness (QED) is 0.673. The Balaban J connectivity index is 2.33. The molecule has 1 aromatic heterocycles. The van der Waals surface area contributed by atoms with Gasteiger partial charge in [0.25, 0.3) is 0 Å². The van der Waals surface area contributed by atoms with Gasteiger partial charge in [-0.05, 0) is 47.0 Å². The Hall–Kier alpha value is -2.59. The molecule has 0 saturated carbocycles. The zero-order valence-corrected chi connectivity index (χ0v) is 16.0. The van der Waals surface area contributed by atoms with E-state index in [1.165, 1.54) is 0 Å². The highest BCUT2D eigenvalue weighted by Crippen LogP contribution is 2.32. The second-order valence-electron chi connectivity index (χ2n) is 7.07. The lowest BCUT2D eigenvalue weighted by molar-refractivity contribution is 0.236. The van der Waals surface area contributed by atoms with E-state index in [1.54, 1.807) is 6.07 Å². The van der Waals surface area contributed by atoms with Gasteiger partial charge in [-0.2, -0.15) is 0 Å². The minimum absolute atomic E-state index is 0.00112. The van der Waals surface area contributed by atoms with Gasteiger partial charge >= 0.3 is 0 Å². The Morgan fingerprint density at radius 1 is 1.08 bits per heavy atom. The van der Waals surface area contributed by atoms with Crippen molar-refractivity contribution in [1.82, 2.24) is 4.90 Å². The Labute approximate surface area is 154 Å². The highest BCUT2D eigenvalue weighted by atomic mass is 16.5. The summed E-state index contributed by atoms with van der Waals surface area (Å²) in [6.07, 6.45) is 0.0409. The van der Waals surface area contributed by atoms with Crippen molar-refractivity contribution in [3.8, 4) is 17.1 Å². The number of hydrogen-bond acceptors (Lipinski definition) is 4. The van der Waals surface area contributed by atoms with Crippen LogP contribution in [0.2, 0.25) is 0 Å². The maximum atomic E-state index is 13.0. The predicted molar refractivity (Wildman–Crippen MR) is 106 cm³/mol. The van der Waals surface area contributed by atoms with Crippen molar-refractivity contribution in [2.75, 3.05) is 14.1 Å². The SMILES string of the molecule is Cc1c(-c2ccccc2)oc2c(CN(C)C)c(OC(C)C)ccc2c1=O. The highest BCUT2D eigenvalue weighted by molar-refractivity contribution is 5.85. The third kappa shape index (κ3) is 3.51. The van der Waals surface area contributed by atoms with Crippen molar-refractivity contribution in [3.05, 3.63) is 63.8 Å². The molecule has 1 heterocycles. The van der Waals surface area contributed by atoms with E-state index >= 15 is 0 Å². The largest absolute Gasteiger partial charge is 0.491 e. The molecular weight excluding hydrogens is 326 g/mol. The second kappa shape index (κ2) is 7.34. The number of fused-ring (bicyclic) bond motifs is 1. The van der Waals surface area contributed by atoms with Crippen LogP contribution in [-0.2, 0) is 6.54 Å². The number of hydrogen-bond donors (Lipinski definition) is 0. The first kappa shape index (κ1) is 18.2. The molecule has 0 amide bonds. The van der Waals surface area contributed by atoms with Gasteiger partial charge in [-0.1, -0.05) is 30.3 Å². The second-order valence-corrected chi connectivity index (χ2v) is 7.07. The van der Waals surface area contributed by atoms with E-state index in [2.05, 4.69) is 0 Å². The molecule has 0 radical (unpaired) electrons. The lowest BCUT2D eigenvalue weighted by Gasteiger charge is -2.19. The highest BCUT2D eigenvalue weighted by Gasteiger charge is 2.19. The first-order valence-electron chi connectivity index (χ1n) is 8.84. The van der Waals surface area contributed by atoms with Crippen LogP contribution in [0.5, 0.6) is 5.75 Å². The summed E-state index contributed by atoms with van der Waals surface area (Å²) in [5, 5.41) is 0.593. The fourth-order valence-electron chi connectivity index (χ4n) is 3.08. The zero-order chi connectivity index (χ0) is 18.8. The maximum absolute atomic E-state index is 13.0. The summed E-state index contributed by atoms with van der Waals surface area (Å²) in [6, 6.07) is 13.4. The van der Waals surface area contributed by atoms with Crippen molar-refractivity contribution >= 4 is 11.0 Å². The van der Waals surface area contributed by atoms with Crippen LogP contribution in [0.3, 0.4) is 0 Å². The molecule has 0 spiro atoms. The van der Waals surface area contributed by atoms with E-state index in [9.17, 15) is 4.79 Å². The summed E-state index contributed by atoms with van der Waals surface area (Å²) < 4.78 is 12.3. The van der Waals surface area contributed by atoms with Crippen molar-refractivity contribution in [2.24, 2.45) is 0 Å². The van der Waals surface area contributed by atoms with E-state index in [1.807, 2.05) is 76.2 Å². The van der Waals surface area contributed by atoms with Crippen molar-refractivity contribution in [3.63, 3.8) is 0 Å². The Bertz CT molecular complexity index is 972.